The number of nitrogens with zero attached hydrogens (tertiary/aromatic N) is 5. The van der Waals surface area contributed by atoms with Crippen LogP contribution in [0.5, 0.6) is 23.0 Å². The molecule has 11 rings (SSSR count). The normalized spacial score (nSPS) is 13.2. The number of H-pyrrole nitrogens is 1. The van der Waals surface area contributed by atoms with E-state index in [1.54, 1.807) is 0 Å². The van der Waals surface area contributed by atoms with Gasteiger partial charge in [-0.2, -0.15) is 0 Å². The van der Waals surface area contributed by atoms with E-state index in [1.807, 2.05) is 103 Å². The molecule has 1 N–H and O–H groups in total. The Morgan fingerprint density at radius 1 is 0.518 bits per heavy atom. The smallest absolute Gasteiger partial charge is 0.181 e. The zero-order valence-corrected chi connectivity index (χ0v) is 30.0. The Morgan fingerprint density at radius 2 is 1.00 bits per heavy atom. The summed E-state index contributed by atoms with van der Waals surface area (Å²) in [6.45, 7) is 0. The number of nitrogens with one attached hydrogen (secondary N) is 1. The minimum Gasteiger partial charge on any atom is -0.453 e. The van der Waals surface area contributed by atoms with E-state index in [-0.39, 0.29) is 0 Å². The zero-order chi connectivity index (χ0) is 37.0. The second kappa shape index (κ2) is 12.9. The second-order valence-corrected chi connectivity index (χ2v) is 13.6. The Labute approximate surface area is 322 Å². The summed E-state index contributed by atoms with van der Waals surface area (Å²) in [7, 11) is 0. The Hall–Kier alpha value is -7.84. The van der Waals surface area contributed by atoms with E-state index in [2.05, 4.69) is 104 Å². The Morgan fingerprint density at radius 3 is 1.55 bits per heavy atom. The predicted octanol–water partition coefficient (Wildman–Crippen LogP) is 12.2. The van der Waals surface area contributed by atoms with Crippen molar-refractivity contribution in [1.29, 1.82) is 0 Å². The molecule has 4 heterocycles. The molecule has 0 saturated carbocycles. The number of para-hydroxylation sites is 8. The Bertz CT molecular complexity index is 2970. The molecule has 0 amide bonds. The largest absolute Gasteiger partial charge is 0.453 e. The molecule has 2 aromatic heterocycles. The molecule has 0 radical (unpaired) electrons. The molecule has 0 bridgehead atoms. The fourth-order valence-electron chi connectivity index (χ4n) is 7.75. The van der Waals surface area contributed by atoms with Gasteiger partial charge in [0, 0.05) is 11.8 Å². The van der Waals surface area contributed by atoms with Crippen LogP contribution >= 0.6 is 0 Å². The quantitative estimate of drug-likeness (QED) is 0.191. The lowest BCUT2D eigenvalue weighted by Crippen LogP contribution is -2.22. The van der Waals surface area contributed by atoms with Gasteiger partial charge >= 0.3 is 0 Å². The van der Waals surface area contributed by atoms with Crippen LogP contribution in [0.1, 0.15) is 5.56 Å². The van der Waals surface area contributed by atoms with Gasteiger partial charge in [0.2, 0.25) is 0 Å². The van der Waals surface area contributed by atoms with Gasteiger partial charge in [-0.25, -0.2) is 9.98 Å². The average Bonchev–Trinajstić information content (AvgIpc) is 3.71. The third-order valence-electron chi connectivity index (χ3n) is 10.2. The van der Waals surface area contributed by atoms with Gasteiger partial charge in [0.05, 0.1) is 57.0 Å². The van der Waals surface area contributed by atoms with Crippen LogP contribution in [0.4, 0.5) is 34.1 Å². The summed E-state index contributed by atoms with van der Waals surface area (Å²) in [6.07, 6.45) is 5.76. The first kappa shape index (κ1) is 31.7. The van der Waals surface area contributed by atoms with Gasteiger partial charge < -0.3 is 24.3 Å². The number of aromatic nitrogens is 3. The molecule has 0 unspecified atom stereocenters. The van der Waals surface area contributed by atoms with Crippen molar-refractivity contribution in [2.24, 2.45) is 4.99 Å². The van der Waals surface area contributed by atoms with E-state index < -0.39 is 0 Å². The highest BCUT2D eigenvalue weighted by atomic mass is 16.5. The zero-order valence-electron chi connectivity index (χ0n) is 30.0. The predicted molar refractivity (Wildman–Crippen MR) is 223 cm³/mol. The molecule has 8 heteroatoms. The molecule has 0 atom stereocenters. The number of imidazole rings is 1. The monoisotopic (exact) mass is 724 g/mol. The fraction of sp³-hybridized carbons (Fsp3) is 0. The van der Waals surface area contributed by atoms with E-state index in [0.717, 1.165) is 85.0 Å². The number of hydrogen-bond donors (Lipinski definition) is 1. The summed E-state index contributed by atoms with van der Waals surface area (Å²) in [5, 5.41) is 0. The maximum Gasteiger partial charge on any atom is 0.181 e. The molecule has 8 nitrogen and oxygen atoms in total. The topological polar surface area (TPSA) is 70.4 Å². The van der Waals surface area contributed by atoms with Crippen LogP contribution in [0.15, 0.2) is 187 Å². The number of benzene rings is 7. The van der Waals surface area contributed by atoms with Crippen LogP contribution in [0, 0.1) is 0 Å². The minimum atomic E-state index is 0.635. The van der Waals surface area contributed by atoms with E-state index in [0.29, 0.717) is 11.1 Å². The van der Waals surface area contributed by atoms with Crippen molar-refractivity contribution in [2.75, 3.05) is 9.80 Å². The lowest BCUT2D eigenvalue weighted by atomic mass is 10.1. The molecule has 0 spiro atoms. The van der Waals surface area contributed by atoms with Gasteiger partial charge in [-0.15, -0.1) is 0 Å². The third kappa shape index (κ3) is 5.15. The van der Waals surface area contributed by atoms with Gasteiger partial charge in [-0.05, 0) is 72.3 Å². The van der Waals surface area contributed by atoms with E-state index in [1.165, 1.54) is 0 Å². The maximum absolute atomic E-state index is 6.52. The molecule has 0 saturated heterocycles. The van der Waals surface area contributed by atoms with Crippen molar-refractivity contribution < 1.29 is 9.47 Å². The first-order valence-corrected chi connectivity index (χ1v) is 18.5. The van der Waals surface area contributed by atoms with Gasteiger partial charge in [-0.3, -0.25) is 4.40 Å². The minimum absolute atomic E-state index is 0.635. The first-order chi connectivity index (χ1) is 27.8. The van der Waals surface area contributed by atoms with Crippen LogP contribution in [0.25, 0.3) is 34.0 Å². The lowest BCUT2D eigenvalue weighted by molar-refractivity contribution is 0.476. The van der Waals surface area contributed by atoms with Crippen molar-refractivity contribution in [1.82, 2.24) is 14.4 Å². The van der Waals surface area contributed by atoms with Gasteiger partial charge in [0.1, 0.15) is 0 Å². The summed E-state index contributed by atoms with van der Waals surface area (Å²) >= 11 is 0. The Kier molecular flexibility index (Phi) is 7.31. The van der Waals surface area contributed by atoms with Gasteiger partial charge in [0.25, 0.3) is 0 Å². The number of aromatic amines is 1. The molecular weight excluding hydrogens is 693 g/mol. The molecule has 7 aromatic carbocycles. The molecule has 2 aliphatic rings. The highest BCUT2D eigenvalue weighted by Gasteiger charge is 2.33. The molecular formula is C48H32N6O2. The number of ether oxygens (including phenoxy) is 2. The summed E-state index contributed by atoms with van der Waals surface area (Å²) in [6, 6.07) is 57.7. The lowest BCUT2D eigenvalue weighted by Gasteiger charge is -2.38. The SMILES string of the molecule is C(=C\c1ccccc1)/N=c1\[nH]c2cc(N3c4ccccc4Oc4ccccc43)c(N3c4ccccc4Oc4ccccc43)cc2n2c(-c3ccccc3)cnc12. The van der Waals surface area contributed by atoms with Gasteiger partial charge in [-0.1, -0.05) is 109 Å². The molecule has 2 aliphatic heterocycles. The highest BCUT2D eigenvalue weighted by Crippen LogP contribution is 2.57. The standard InChI is InChI=1S/C48H32N6O2/c1-3-15-32(16-4-1)27-28-49-47-48-50-31-42(33-17-5-2-6-18-33)54(48)39-30-41(53-37-21-9-13-25-45(37)56-46-26-14-10-22-38(46)53)40(29-34(39)51-47)52-35-19-7-11-23-43(35)55-44-24-12-8-20-36(44)52/h1-31H,(H,49,51)/b28-27+. The van der Waals surface area contributed by atoms with Crippen molar-refractivity contribution >= 4 is 56.9 Å². The molecule has 0 aliphatic carbocycles. The first-order valence-electron chi connectivity index (χ1n) is 18.5. The number of hydrogen-bond acceptors (Lipinski definition) is 6. The highest BCUT2D eigenvalue weighted by molar-refractivity contribution is 6.02. The molecule has 266 valence electrons. The molecule has 56 heavy (non-hydrogen) atoms. The summed E-state index contributed by atoms with van der Waals surface area (Å²) in [4.78, 5) is 18.3. The van der Waals surface area contributed by atoms with E-state index in [9.17, 15) is 0 Å². The summed E-state index contributed by atoms with van der Waals surface area (Å²) in [5.74, 6) is 3.07. The number of rotatable bonds is 5. The molecule has 9 aromatic rings. The van der Waals surface area contributed by atoms with Crippen LogP contribution in [-0.4, -0.2) is 14.4 Å². The van der Waals surface area contributed by atoms with Crippen LogP contribution in [0.3, 0.4) is 0 Å². The molecule has 0 fully saturated rings. The second-order valence-electron chi connectivity index (χ2n) is 13.6. The van der Waals surface area contributed by atoms with Crippen molar-refractivity contribution in [3.63, 3.8) is 0 Å². The van der Waals surface area contributed by atoms with Crippen LogP contribution in [-0.2, 0) is 0 Å². The van der Waals surface area contributed by atoms with Crippen molar-refractivity contribution in [2.45, 2.75) is 0 Å². The van der Waals surface area contributed by atoms with Crippen molar-refractivity contribution in [3.05, 3.63) is 193 Å². The Balaban J connectivity index is 1.26. The van der Waals surface area contributed by atoms with Crippen LogP contribution < -0.4 is 24.8 Å². The number of fused-ring (bicyclic) bond motifs is 7. The average molecular weight is 725 g/mol. The summed E-state index contributed by atoms with van der Waals surface area (Å²) < 4.78 is 15.2. The van der Waals surface area contributed by atoms with E-state index >= 15 is 0 Å². The summed E-state index contributed by atoms with van der Waals surface area (Å²) in [5.41, 5.74) is 11.7. The fourth-order valence-corrected chi connectivity index (χ4v) is 7.75. The number of anilines is 6. The van der Waals surface area contributed by atoms with Crippen LogP contribution in [0.2, 0.25) is 0 Å². The maximum atomic E-state index is 6.52. The third-order valence-corrected chi connectivity index (χ3v) is 10.2. The van der Waals surface area contributed by atoms with Crippen molar-refractivity contribution in [3.8, 4) is 34.3 Å². The van der Waals surface area contributed by atoms with Gasteiger partial charge in [0.15, 0.2) is 34.1 Å². The van der Waals surface area contributed by atoms with E-state index in [4.69, 9.17) is 19.5 Å².